The molecule has 0 bridgehead atoms. The fourth-order valence-electron chi connectivity index (χ4n) is 3.72. The van der Waals surface area contributed by atoms with Crippen LogP contribution in [0.2, 0.25) is 0 Å². The number of ether oxygens (including phenoxy) is 1. The number of benzene rings is 2. The second kappa shape index (κ2) is 8.90. The third-order valence-electron chi connectivity index (χ3n) is 5.17. The number of para-hydroxylation sites is 1. The van der Waals surface area contributed by atoms with E-state index in [2.05, 4.69) is 22.3 Å². The van der Waals surface area contributed by atoms with Gasteiger partial charge in [0.1, 0.15) is 5.75 Å². The van der Waals surface area contributed by atoms with Gasteiger partial charge in [-0.1, -0.05) is 47.6 Å². The van der Waals surface area contributed by atoms with E-state index in [0.29, 0.717) is 31.3 Å². The zero-order valence-electron chi connectivity index (χ0n) is 16.6. The van der Waals surface area contributed by atoms with Crippen molar-refractivity contribution in [3.05, 3.63) is 66.1 Å². The van der Waals surface area contributed by atoms with Crippen LogP contribution in [0.3, 0.4) is 0 Å². The molecule has 1 aliphatic rings. The molecule has 1 saturated heterocycles. The summed E-state index contributed by atoms with van der Waals surface area (Å²) in [7, 11) is 0. The molecule has 2 aromatic carbocycles. The Morgan fingerprint density at radius 2 is 1.93 bits per heavy atom. The number of aromatic nitrogens is 2. The summed E-state index contributed by atoms with van der Waals surface area (Å²) >= 11 is 0. The lowest BCUT2D eigenvalue weighted by molar-refractivity contribution is -0.127. The van der Waals surface area contributed by atoms with Crippen molar-refractivity contribution in [2.75, 3.05) is 19.7 Å². The van der Waals surface area contributed by atoms with Crippen LogP contribution in [0.1, 0.15) is 37.1 Å². The summed E-state index contributed by atoms with van der Waals surface area (Å²) in [6, 6.07) is 18.0. The molecule has 2 heterocycles. The minimum Gasteiger partial charge on any atom is -0.493 e. The number of carbonyl (C=O) groups is 1. The van der Waals surface area contributed by atoms with Gasteiger partial charge in [0.25, 0.3) is 0 Å². The maximum absolute atomic E-state index is 12.4. The highest BCUT2D eigenvalue weighted by Gasteiger charge is 2.34. The quantitative estimate of drug-likeness (QED) is 0.579. The predicted octanol–water partition coefficient (Wildman–Crippen LogP) is 4.08. The Labute approximate surface area is 170 Å². The lowest BCUT2D eigenvalue weighted by Gasteiger charge is -2.15. The van der Waals surface area contributed by atoms with Crippen LogP contribution in [0.15, 0.2) is 59.1 Å². The molecule has 29 heavy (non-hydrogen) atoms. The summed E-state index contributed by atoms with van der Waals surface area (Å²) in [5.41, 5.74) is 2.10. The molecule has 1 aliphatic heterocycles. The lowest BCUT2D eigenvalue weighted by atomic mass is 10.1. The van der Waals surface area contributed by atoms with Gasteiger partial charge in [-0.15, -0.1) is 0 Å². The van der Waals surface area contributed by atoms with Crippen molar-refractivity contribution >= 4 is 5.91 Å². The molecule has 6 nitrogen and oxygen atoms in total. The topological polar surface area (TPSA) is 68.5 Å². The molecule has 4 rings (SSSR count). The summed E-state index contributed by atoms with van der Waals surface area (Å²) in [5, 5.41) is 4.13. The monoisotopic (exact) mass is 391 g/mol. The fraction of sp³-hybridized carbons (Fsp3) is 0.348. The number of likely N-dealkylation sites (tertiary alicyclic amines) is 1. The van der Waals surface area contributed by atoms with Crippen LogP contribution >= 0.6 is 0 Å². The zero-order chi connectivity index (χ0) is 20.1. The number of hydrogen-bond acceptors (Lipinski definition) is 5. The molecular weight excluding hydrogens is 366 g/mol. The molecule has 3 aromatic rings. The Morgan fingerprint density at radius 1 is 1.14 bits per heavy atom. The van der Waals surface area contributed by atoms with Crippen LogP contribution in [0.4, 0.5) is 0 Å². The van der Waals surface area contributed by atoms with Crippen molar-refractivity contribution in [1.82, 2.24) is 15.0 Å². The van der Waals surface area contributed by atoms with Crippen molar-refractivity contribution in [3.8, 4) is 17.1 Å². The summed E-state index contributed by atoms with van der Waals surface area (Å²) in [5.74, 6) is 1.84. The van der Waals surface area contributed by atoms with Crippen molar-refractivity contribution in [3.63, 3.8) is 0 Å². The van der Waals surface area contributed by atoms with Gasteiger partial charge < -0.3 is 14.2 Å². The van der Waals surface area contributed by atoms with Crippen LogP contribution in [-0.2, 0) is 11.2 Å². The molecule has 1 fully saturated rings. The molecule has 0 N–H and O–H groups in total. The normalized spacial score (nSPS) is 16.4. The standard InChI is InChI=1S/C23H25N3O3/c1-2-28-20-13-7-6-12-19(20)22-24-23(29-25-22)18-15-21(27)26(16-18)14-8-11-17-9-4-3-5-10-17/h3-7,9-10,12-13,18H,2,8,11,14-16H2,1H3. The van der Waals surface area contributed by atoms with E-state index in [4.69, 9.17) is 9.26 Å². The first-order valence-corrected chi connectivity index (χ1v) is 10.1. The van der Waals surface area contributed by atoms with Crippen molar-refractivity contribution in [1.29, 1.82) is 0 Å². The molecule has 0 radical (unpaired) electrons. The minimum absolute atomic E-state index is 0.0558. The first-order valence-electron chi connectivity index (χ1n) is 10.1. The van der Waals surface area contributed by atoms with E-state index in [1.54, 1.807) is 0 Å². The average Bonchev–Trinajstić information content (AvgIpc) is 3.37. The van der Waals surface area contributed by atoms with Crippen molar-refractivity contribution in [2.24, 2.45) is 0 Å². The molecule has 1 amide bonds. The van der Waals surface area contributed by atoms with Gasteiger partial charge in [0, 0.05) is 19.5 Å². The largest absolute Gasteiger partial charge is 0.493 e. The highest BCUT2D eigenvalue weighted by Crippen LogP contribution is 2.32. The van der Waals surface area contributed by atoms with Crippen molar-refractivity contribution < 1.29 is 14.1 Å². The van der Waals surface area contributed by atoms with Crippen LogP contribution < -0.4 is 4.74 Å². The Kier molecular flexibility index (Phi) is 5.89. The van der Waals surface area contributed by atoms with Crippen molar-refractivity contribution in [2.45, 2.75) is 32.1 Å². The number of hydrogen-bond donors (Lipinski definition) is 0. The van der Waals surface area contributed by atoms with Gasteiger partial charge in [-0.05, 0) is 37.5 Å². The van der Waals surface area contributed by atoms with Crippen LogP contribution in [0, 0.1) is 0 Å². The number of aryl methyl sites for hydroxylation is 1. The van der Waals surface area contributed by atoms with Crippen LogP contribution in [0.25, 0.3) is 11.4 Å². The number of nitrogens with zero attached hydrogens (tertiary/aromatic N) is 3. The Hall–Kier alpha value is -3.15. The second-order valence-corrected chi connectivity index (χ2v) is 7.22. The van der Waals surface area contributed by atoms with E-state index in [1.807, 2.05) is 54.3 Å². The van der Waals surface area contributed by atoms with E-state index in [9.17, 15) is 4.79 Å². The van der Waals surface area contributed by atoms with E-state index in [-0.39, 0.29) is 11.8 Å². The molecule has 0 spiro atoms. The Morgan fingerprint density at radius 3 is 2.76 bits per heavy atom. The number of rotatable bonds is 8. The van der Waals surface area contributed by atoms with E-state index < -0.39 is 0 Å². The molecular formula is C23H25N3O3. The summed E-state index contributed by atoms with van der Waals surface area (Å²) in [6.07, 6.45) is 2.33. The maximum atomic E-state index is 12.4. The Balaban J connectivity index is 1.38. The number of amides is 1. The zero-order valence-corrected chi connectivity index (χ0v) is 16.6. The van der Waals surface area contributed by atoms with Gasteiger partial charge in [0.15, 0.2) is 0 Å². The summed E-state index contributed by atoms with van der Waals surface area (Å²) < 4.78 is 11.2. The third-order valence-corrected chi connectivity index (χ3v) is 5.17. The molecule has 6 heteroatoms. The molecule has 0 aliphatic carbocycles. The predicted molar refractivity (Wildman–Crippen MR) is 110 cm³/mol. The second-order valence-electron chi connectivity index (χ2n) is 7.22. The van der Waals surface area contributed by atoms with E-state index >= 15 is 0 Å². The minimum atomic E-state index is -0.0558. The van der Waals surface area contributed by atoms with E-state index in [1.165, 1.54) is 5.56 Å². The Bertz CT molecular complexity index is 955. The van der Waals surface area contributed by atoms with Gasteiger partial charge in [0.05, 0.1) is 18.1 Å². The van der Waals surface area contributed by atoms with Crippen LogP contribution in [-0.4, -0.2) is 40.6 Å². The lowest BCUT2D eigenvalue weighted by Crippen LogP contribution is -2.26. The first kappa shape index (κ1) is 19.2. The summed E-state index contributed by atoms with van der Waals surface area (Å²) in [4.78, 5) is 18.9. The molecule has 1 atom stereocenters. The average molecular weight is 391 g/mol. The molecule has 1 aromatic heterocycles. The highest BCUT2D eigenvalue weighted by atomic mass is 16.5. The van der Waals surface area contributed by atoms with Gasteiger partial charge in [-0.2, -0.15) is 4.98 Å². The maximum Gasteiger partial charge on any atom is 0.232 e. The van der Waals surface area contributed by atoms with Gasteiger partial charge in [-0.3, -0.25) is 4.79 Å². The van der Waals surface area contributed by atoms with Gasteiger partial charge in [0.2, 0.25) is 17.6 Å². The fourth-order valence-corrected chi connectivity index (χ4v) is 3.72. The van der Waals surface area contributed by atoms with E-state index in [0.717, 1.165) is 30.7 Å². The van der Waals surface area contributed by atoms with Crippen LogP contribution in [0.5, 0.6) is 5.75 Å². The smallest absolute Gasteiger partial charge is 0.232 e. The number of carbonyl (C=O) groups excluding carboxylic acids is 1. The third kappa shape index (κ3) is 4.47. The molecule has 1 unspecified atom stereocenters. The first-order chi connectivity index (χ1) is 14.2. The summed E-state index contributed by atoms with van der Waals surface area (Å²) in [6.45, 7) is 3.88. The highest BCUT2D eigenvalue weighted by molar-refractivity contribution is 5.79. The molecule has 150 valence electrons. The van der Waals surface area contributed by atoms with Gasteiger partial charge >= 0.3 is 0 Å². The van der Waals surface area contributed by atoms with Gasteiger partial charge in [-0.25, -0.2) is 0 Å². The SMILES string of the molecule is CCOc1ccccc1-c1noc(C2CC(=O)N(CCCc3ccccc3)C2)n1. The molecule has 0 saturated carbocycles.